The summed E-state index contributed by atoms with van der Waals surface area (Å²) in [4.78, 5) is 28.4. The molecule has 1 unspecified atom stereocenters. The number of aryl methyl sites for hydroxylation is 1. The Hall–Kier alpha value is -5.15. The summed E-state index contributed by atoms with van der Waals surface area (Å²) in [5.74, 6) is 0.600. The van der Waals surface area contributed by atoms with Crippen molar-refractivity contribution in [2.45, 2.75) is 31.3 Å². The highest BCUT2D eigenvalue weighted by molar-refractivity contribution is 7.91. The molecular formula is C34H32F3N5O6S. The number of nitrogens with zero attached hydrogens (tertiary/aromatic N) is 4. The van der Waals surface area contributed by atoms with Gasteiger partial charge in [0.05, 0.1) is 18.5 Å². The van der Waals surface area contributed by atoms with Crippen molar-refractivity contribution < 1.29 is 31.1 Å². The molecule has 1 N–H and O–H groups in total. The lowest BCUT2D eigenvalue weighted by Gasteiger charge is -2.34. The Kier molecular flexibility index (Phi) is 8.53. The number of H-pyrrole nitrogens is 1. The molecule has 1 aliphatic carbocycles. The monoisotopic (exact) mass is 695 g/mol. The van der Waals surface area contributed by atoms with Crippen molar-refractivity contribution in [3.05, 3.63) is 111 Å². The SMILES string of the molecule is COCCOc1cccc(-c2cn(C)c(=O)cc2C2=CCC(C)(S(=O)(=O)n3c(-c4cnn(C(F)(F)F)c4)cc4cc[nH]c(=O)c43)C(C)=C2)c1. The maximum Gasteiger partial charge on any atom is 0.504 e. The molecule has 5 aromatic rings. The molecular weight excluding hydrogens is 663 g/mol. The Labute approximate surface area is 278 Å². The van der Waals surface area contributed by atoms with Gasteiger partial charge in [-0.25, -0.2) is 12.4 Å². The molecule has 49 heavy (non-hydrogen) atoms. The molecule has 0 radical (unpaired) electrons. The number of benzene rings is 1. The Morgan fingerprint density at radius 3 is 2.51 bits per heavy atom. The second-order valence-corrected chi connectivity index (χ2v) is 14.1. The number of hydrogen-bond acceptors (Lipinski definition) is 7. The minimum atomic E-state index is -4.84. The molecule has 1 aliphatic rings. The number of pyridine rings is 2. The zero-order valence-corrected chi connectivity index (χ0v) is 27.7. The molecule has 0 saturated heterocycles. The van der Waals surface area contributed by atoms with Crippen LogP contribution in [0.2, 0.25) is 0 Å². The van der Waals surface area contributed by atoms with Gasteiger partial charge in [-0.3, -0.25) is 9.59 Å². The summed E-state index contributed by atoms with van der Waals surface area (Å²) in [6.45, 7) is 3.88. The van der Waals surface area contributed by atoms with Gasteiger partial charge < -0.3 is 19.0 Å². The van der Waals surface area contributed by atoms with Gasteiger partial charge in [-0.1, -0.05) is 24.3 Å². The van der Waals surface area contributed by atoms with Crippen LogP contribution in [0.15, 0.2) is 94.6 Å². The van der Waals surface area contributed by atoms with Gasteiger partial charge in [-0.2, -0.15) is 9.78 Å². The number of alkyl halides is 3. The lowest BCUT2D eigenvalue weighted by Crippen LogP contribution is -2.42. The smallest absolute Gasteiger partial charge is 0.491 e. The summed E-state index contributed by atoms with van der Waals surface area (Å²) in [6.07, 6.45) is 3.08. The predicted octanol–water partition coefficient (Wildman–Crippen LogP) is 5.43. The largest absolute Gasteiger partial charge is 0.504 e. The van der Waals surface area contributed by atoms with E-state index in [1.807, 2.05) is 18.2 Å². The van der Waals surface area contributed by atoms with Gasteiger partial charge >= 0.3 is 6.30 Å². The summed E-state index contributed by atoms with van der Waals surface area (Å²) in [5.41, 5.74) is 1.49. The van der Waals surface area contributed by atoms with E-state index in [0.717, 1.165) is 15.7 Å². The highest BCUT2D eigenvalue weighted by atomic mass is 32.2. The molecule has 6 rings (SSSR count). The van der Waals surface area contributed by atoms with E-state index in [-0.39, 0.29) is 38.8 Å². The third-order valence-electron chi connectivity index (χ3n) is 8.79. The summed E-state index contributed by atoms with van der Waals surface area (Å²) in [7, 11) is -1.34. The molecule has 0 bridgehead atoms. The summed E-state index contributed by atoms with van der Waals surface area (Å²) in [6, 6.07) is 11.6. The number of nitrogens with one attached hydrogen (secondary N) is 1. The first-order valence-corrected chi connectivity index (χ1v) is 16.5. The number of hydrogen-bond donors (Lipinski definition) is 1. The van der Waals surface area contributed by atoms with Crippen LogP contribution in [-0.2, 0) is 28.1 Å². The predicted molar refractivity (Wildman–Crippen MR) is 179 cm³/mol. The quantitative estimate of drug-likeness (QED) is 0.204. The Morgan fingerprint density at radius 2 is 1.82 bits per heavy atom. The van der Waals surface area contributed by atoms with E-state index >= 15 is 0 Å². The Morgan fingerprint density at radius 1 is 1.04 bits per heavy atom. The number of fused-ring (bicyclic) bond motifs is 1. The third-order valence-corrected chi connectivity index (χ3v) is 11.3. The van der Waals surface area contributed by atoms with Gasteiger partial charge in [0.1, 0.15) is 22.6 Å². The van der Waals surface area contributed by atoms with E-state index in [4.69, 9.17) is 9.47 Å². The van der Waals surface area contributed by atoms with Crippen molar-refractivity contribution in [1.29, 1.82) is 0 Å². The van der Waals surface area contributed by atoms with Crippen LogP contribution in [0, 0.1) is 0 Å². The van der Waals surface area contributed by atoms with Crippen LogP contribution in [0.1, 0.15) is 25.8 Å². The Balaban J connectivity index is 1.45. The van der Waals surface area contributed by atoms with Crippen LogP contribution in [0.3, 0.4) is 0 Å². The van der Waals surface area contributed by atoms with E-state index in [1.54, 1.807) is 45.5 Å². The van der Waals surface area contributed by atoms with Crippen LogP contribution in [0.4, 0.5) is 13.2 Å². The first kappa shape index (κ1) is 33.7. The van der Waals surface area contributed by atoms with E-state index in [9.17, 15) is 31.2 Å². The van der Waals surface area contributed by atoms with Crippen molar-refractivity contribution in [3.63, 3.8) is 0 Å². The molecule has 4 aromatic heterocycles. The maximum absolute atomic E-state index is 14.7. The number of ether oxygens (including phenoxy) is 2. The Bertz CT molecular complexity index is 2380. The van der Waals surface area contributed by atoms with Crippen LogP contribution < -0.4 is 15.9 Å². The van der Waals surface area contributed by atoms with Crippen molar-refractivity contribution in [2.24, 2.45) is 7.05 Å². The van der Waals surface area contributed by atoms with Crippen molar-refractivity contribution >= 4 is 26.5 Å². The normalized spacial score (nSPS) is 16.9. The fourth-order valence-corrected chi connectivity index (χ4v) is 7.89. The molecule has 1 aromatic carbocycles. The van der Waals surface area contributed by atoms with Gasteiger partial charge in [-0.05, 0) is 66.8 Å². The second kappa shape index (κ2) is 12.4. The van der Waals surface area contributed by atoms with E-state index < -0.39 is 26.6 Å². The average Bonchev–Trinajstić information content (AvgIpc) is 3.71. The number of halogens is 3. The molecule has 0 aliphatic heterocycles. The first-order chi connectivity index (χ1) is 23.2. The lowest BCUT2D eigenvalue weighted by atomic mass is 9.85. The minimum absolute atomic E-state index is 0.0759. The molecule has 4 heterocycles. The lowest BCUT2D eigenvalue weighted by molar-refractivity contribution is -0.212. The van der Waals surface area contributed by atoms with E-state index in [1.165, 1.54) is 35.9 Å². The molecule has 1 atom stereocenters. The van der Waals surface area contributed by atoms with Crippen LogP contribution in [0.5, 0.6) is 5.75 Å². The van der Waals surface area contributed by atoms with Gasteiger partial charge in [0.15, 0.2) is 0 Å². The number of methoxy groups -OCH3 is 1. The molecule has 15 heteroatoms. The average molecular weight is 696 g/mol. The fraction of sp³-hybridized carbons (Fsp3) is 0.265. The number of rotatable bonds is 9. The molecule has 0 fully saturated rings. The van der Waals surface area contributed by atoms with E-state index in [0.29, 0.717) is 47.4 Å². The van der Waals surface area contributed by atoms with Crippen molar-refractivity contribution in [2.75, 3.05) is 20.3 Å². The number of allylic oxidation sites excluding steroid dienone is 3. The summed E-state index contributed by atoms with van der Waals surface area (Å²) in [5, 5.41) is 3.59. The molecule has 11 nitrogen and oxygen atoms in total. The highest BCUT2D eigenvalue weighted by Gasteiger charge is 2.45. The van der Waals surface area contributed by atoms with Crippen molar-refractivity contribution in [1.82, 2.24) is 23.3 Å². The van der Waals surface area contributed by atoms with Crippen LogP contribution in [0.25, 0.3) is 38.9 Å². The van der Waals surface area contributed by atoms with Crippen molar-refractivity contribution in [3.8, 4) is 28.1 Å². The fourth-order valence-electron chi connectivity index (χ4n) is 5.89. The second-order valence-electron chi connectivity index (χ2n) is 11.9. The third kappa shape index (κ3) is 5.93. The molecule has 0 spiro atoms. The standard InChI is InChI=1S/C34H32F3N5O6S/c1-21-14-23(27-17-30(43)40(3)20-28(27)22-6-5-7-26(15-22)48-13-12-47-4)8-10-33(21,2)49(45,46)42-29(16-24-9-11-38-32(44)31(24)42)25-18-39-41(19-25)34(35,36)37/h5-9,11,14-20H,10,12-13H2,1-4H3,(H,38,44). The topological polar surface area (TPSA) is 130 Å². The van der Waals surface area contributed by atoms with Gasteiger partial charge in [0.25, 0.3) is 11.1 Å². The van der Waals surface area contributed by atoms with Gasteiger partial charge in [-0.15, -0.1) is 13.2 Å². The number of aromatic amines is 1. The molecule has 0 amide bonds. The minimum Gasteiger partial charge on any atom is -0.491 e. The molecule has 0 saturated carbocycles. The molecule has 256 valence electrons. The zero-order chi connectivity index (χ0) is 35.3. The zero-order valence-electron chi connectivity index (χ0n) is 26.9. The summed E-state index contributed by atoms with van der Waals surface area (Å²) >= 11 is 0. The van der Waals surface area contributed by atoms with Gasteiger partial charge in [0.2, 0.25) is 10.0 Å². The highest BCUT2D eigenvalue weighted by Crippen LogP contribution is 2.43. The van der Waals surface area contributed by atoms with Gasteiger partial charge in [0, 0.05) is 55.3 Å². The number of aromatic nitrogens is 5. The van der Waals surface area contributed by atoms with E-state index in [2.05, 4.69) is 10.1 Å². The van der Waals surface area contributed by atoms with Crippen LogP contribution in [-0.4, -0.2) is 56.8 Å². The maximum atomic E-state index is 14.7. The first-order valence-electron chi connectivity index (χ1n) is 15.1. The van der Waals surface area contributed by atoms with Crippen LogP contribution >= 0.6 is 0 Å². The summed E-state index contributed by atoms with van der Waals surface area (Å²) < 4.78 is 81.0.